The van der Waals surface area contributed by atoms with Crippen LogP contribution in [-0.4, -0.2) is 9.97 Å². The summed E-state index contributed by atoms with van der Waals surface area (Å²) in [6, 6.07) is 92.0. The zero-order chi connectivity index (χ0) is 43.2. The summed E-state index contributed by atoms with van der Waals surface area (Å²) in [6.45, 7) is 0. The number of rotatable bonds is 8. The van der Waals surface area contributed by atoms with Gasteiger partial charge in [0.05, 0.1) is 16.8 Å². The van der Waals surface area contributed by atoms with Gasteiger partial charge in [0.2, 0.25) is 0 Å². The molecule has 0 aliphatic heterocycles. The summed E-state index contributed by atoms with van der Waals surface area (Å²) in [4.78, 5) is 10.6. The van der Waals surface area contributed by atoms with Crippen LogP contribution in [-0.2, 0) is 5.41 Å². The van der Waals surface area contributed by atoms with Crippen LogP contribution < -0.4 is 0 Å². The molecular weight excluding hydrogens is 785 g/mol. The fraction of sp³-hybridized carbons (Fsp3) is 0.0159. The standard InChI is InChI=1S/C63H42N2/c1-6-21-43(22-7-1)49-31-16-19-34-54(49)59-42-60(65-62(64-59)45-25-10-3-11-26-45)55-40-39-50(52-32-17-18-33-53(52)55)46-37-38-56-58(41-46)63(47-27-12-4-13-28-47,48-29-14-5-15-30-48)57-36-20-35-51(61(56)57)44-23-8-2-9-24-44/h1-42H. The van der Waals surface area contributed by atoms with Gasteiger partial charge in [0.15, 0.2) is 5.82 Å². The molecule has 304 valence electrons. The van der Waals surface area contributed by atoms with Crippen molar-refractivity contribution in [2.45, 2.75) is 5.41 Å². The van der Waals surface area contributed by atoms with Crippen LogP contribution in [0.15, 0.2) is 255 Å². The molecule has 65 heavy (non-hydrogen) atoms. The van der Waals surface area contributed by atoms with E-state index < -0.39 is 5.41 Å². The fourth-order valence-electron chi connectivity index (χ4n) is 10.4. The zero-order valence-electron chi connectivity index (χ0n) is 35.6. The maximum atomic E-state index is 5.33. The van der Waals surface area contributed by atoms with Crippen molar-refractivity contribution in [3.8, 4) is 78.4 Å². The lowest BCUT2D eigenvalue weighted by atomic mass is 9.67. The molecular formula is C63H42N2. The summed E-state index contributed by atoms with van der Waals surface area (Å²) in [5, 5.41) is 2.30. The van der Waals surface area contributed by atoms with Gasteiger partial charge >= 0.3 is 0 Å². The van der Waals surface area contributed by atoms with Crippen LogP contribution in [0.4, 0.5) is 0 Å². The summed E-state index contributed by atoms with van der Waals surface area (Å²) < 4.78 is 0. The maximum absolute atomic E-state index is 5.33. The second kappa shape index (κ2) is 16.0. The summed E-state index contributed by atoms with van der Waals surface area (Å²) in [6.07, 6.45) is 0. The lowest BCUT2D eigenvalue weighted by Gasteiger charge is -2.34. The molecule has 12 rings (SSSR count). The third-order valence-electron chi connectivity index (χ3n) is 13.2. The molecule has 0 saturated carbocycles. The molecule has 0 N–H and O–H groups in total. The second-order valence-corrected chi connectivity index (χ2v) is 16.8. The molecule has 2 nitrogen and oxygen atoms in total. The average molecular weight is 827 g/mol. The molecule has 0 amide bonds. The first kappa shape index (κ1) is 38.2. The molecule has 1 aliphatic carbocycles. The van der Waals surface area contributed by atoms with E-state index >= 15 is 0 Å². The van der Waals surface area contributed by atoms with Crippen molar-refractivity contribution < 1.29 is 0 Å². The molecule has 0 atom stereocenters. The van der Waals surface area contributed by atoms with Crippen LogP contribution in [0.25, 0.3) is 89.2 Å². The SMILES string of the molecule is c1ccc(-c2nc(-c3ccccc3-c3ccccc3)cc(-c3ccc(-c4ccc5c(c4)C(c4ccccc4)(c4ccccc4)c4cccc(-c6ccccc6)c4-5)c4ccccc34)n2)cc1. The second-order valence-electron chi connectivity index (χ2n) is 16.8. The van der Waals surface area contributed by atoms with Crippen LogP contribution in [0.2, 0.25) is 0 Å². The van der Waals surface area contributed by atoms with Crippen LogP contribution in [0, 0.1) is 0 Å². The molecule has 0 fully saturated rings. The van der Waals surface area contributed by atoms with Gasteiger partial charge in [-0.15, -0.1) is 0 Å². The van der Waals surface area contributed by atoms with Gasteiger partial charge in [-0.3, -0.25) is 0 Å². The van der Waals surface area contributed by atoms with E-state index in [1.165, 1.54) is 61.0 Å². The highest BCUT2D eigenvalue weighted by Gasteiger charge is 2.47. The fourth-order valence-corrected chi connectivity index (χ4v) is 10.4. The van der Waals surface area contributed by atoms with Crippen molar-refractivity contribution in [1.82, 2.24) is 9.97 Å². The van der Waals surface area contributed by atoms with Gasteiger partial charge in [-0.1, -0.05) is 243 Å². The normalized spacial score (nSPS) is 12.4. The van der Waals surface area contributed by atoms with Gasteiger partial charge in [-0.2, -0.15) is 0 Å². The predicted octanol–water partition coefficient (Wildman–Crippen LogP) is 16.0. The van der Waals surface area contributed by atoms with Gasteiger partial charge in [-0.05, 0) is 89.7 Å². The minimum atomic E-state index is -0.551. The Morgan fingerprint density at radius 1 is 0.262 bits per heavy atom. The highest BCUT2D eigenvalue weighted by molar-refractivity contribution is 6.06. The summed E-state index contributed by atoms with van der Waals surface area (Å²) in [5.41, 5.74) is 19.0. The number of hydrogen-bond acceptors (Lipinski definition) is 2. The number of aromatic nitrogens is 2. The van der Waals surface area contributed by atoms with Gasteiger partial charge in [0.25, 0.3) is 0 Å². The van der Waals surface area contributed by atoms with Crippen LogP contribution >= 0.6 is 0 Å². The molecule has 1 heterocycles. The zero-order valence-corrected chi connectivity index (χ0v) is 35.6. The van der Waals surface area contributed by atoms with Gasteiger partial charge in [-0.25, -0.2) is 9.97 Å². The smallest absolute Gasteiger partial charge is 0.160 e. The lowest BCUT2D eigenvalue weighted by molar-refractivity contribution is 0.769. The van der Waals surface area contributed by atoms with E-state index in [-0.39, 0.29) is 0 Å². The van der Waals surface area contributed by atoms with Crippen LogP contribution in [0.3, 0.4) is 0 Å². The number of benzene rings is 10. The number of hydrogen-bond donors (Lipinski definition) is 0. The van der Waals surface area contributed by atoms with Gasteiger partial charge in [0.1, 0.15) is 0 Å². The van der Waals surface area contributed by atoms with E-state index in [4.69, 9.17) is 9.97 Å². The molecule has 0 unspecified atom stereocenters. The molecule has 0 spiro atoms. The Morgan fingerprint density at radius 2 is 0.723 bits per heavy atom. The largest absolute Gasteiger partial charge is 0.228 e. The topological polar surface area (TPSA) is 25.8 Å². The highest BCUT2D eigenvalue weighted by Crippen LogP contribution is 2.59. The minimum Gasteiger partial charge on any atom is -0.228 e. The number of nitrogens with zero attached hydrogens (tertiary/aromatic N) is 2. The molecule has 0 saturated heterocycles. The Kier molecular flexibility index (Phi) is 9.43. The van der Waals surface area contributed by atoms with E-state index in [1.54, 1.807) is 0 Å². The van der Waals surface area contributed by atoms with Crippen molar-refractivity contribution in [2.75, 3.05) is 0 Å². The first-order chi connectivity index (χ1) is 32.3. The van der Waals surface area contributed by atoms with E-state index in [0.29, 0.717) is 5.82 Å². The summed E-state index contributed by atoms with van der Waals surface area (Å²) >= 11 is 0. The quantitative estimate of drug-likeness (QED) is 0.152. The van der Waals surface area contributed by atoms with E-state index in [9.17, 15) is 0 Å². The molecule has 1 aliphatic rings. The molecule has 1 aromatic heterocycles. The maximum Gasteiger partial charge on any atom is 0.160 e. The van der Waals surface area contributed by atoms with Crippen molar-refractivity contribution in [3.63, 3.8) is 0 Å². The third-order valence-corrected chi connectivity index (χ3v) is 13.2. The Morgan fingerprint density at radius 3 is 1.35 bits per heavy atom. The Bertz CT molecular complexity index is 3470. The van der Waals surface area contributed by atoms with Crippen molar-refractivity contribution >= 4 is 10.8 Å². The Balaban J connectivity index is 1.07. The van der Waals surface area contributed by atoms with Crippen LogP contribution in [0.5, 0.6) is 0 Å². The van der Waals surface area contributed by atoms with Gasteiger partial charge in [0, 0.05) is 16.7 Å². The third kappa shape index (κ3) is 6.41. The highest BCUT2D eigenvalue weighted by atomic mass is 14.9. The molecule has 0 bridgehead atoms. The average Bonchev–Trinajstić information content (AvgIpc) is 3.70. The Hall–Kier alpha value is -8.46. The van der Waals surface area contributed by atoms with E-state index in [1.807, 2.05) is 6.07 Å². The first-order valence-electron chi connectivity index (χ1n) is 22.3. The van der Waals surface area contributed by atoms with Gasteiger partial charge < -0.3 is 0 Å². The summed E-state index contributed by atoms with van der Waals surface area (Å²) in [5.74, 6) is 0.695. The predicted molar refractivity (Wildman–Crippen MR) is 269 cm³/mol. The monoisotopic (exact) mass is 826 g/mol. The molecule has 11 aromatic rings. The number of fused-ring (bicyclic) bond motifs is 4. The molecule has 10 aromatic carbocycles. The van der Waals surface area contributed by atoms with Crippen molar-refractivity contribution in [2.24, 2.45) is 0 Å². The van der Waals surface area contributed by atoms with Crippen molar-refractivity contribution in [3.05, 3.63) is 277 Å². The molecule has 0 radical (unpaired) electrons. The first-order valence-corrected chi connectivity index (χ1v) is 22.3. The van der Waals surface area contributed by atoms with Crippen LogP contribution in [0.1, 0.15) is 22.3 Å². The van der Waals surface area contributed by atoms with E-state index in [0.717, 1.165) is 44.6 Å². The van der Waals surface area contributed by atoms with Crippen molar-refractivity contribution in [1.29, 1.82) is 0 Å². The van der Waals surface area contributed by atoms with E-state index in [2.05, 4.69) is 249 Å². The summed E-state index contributed by atoms with van der Waals surface area (Å²) in [7, 11) is 0. The minimum absolute atomic E-state index is 0.551. The Labute approximate surface area is 379 Å². The molecule has 2 heteroatoms. The lowest BCUT2D eigenvalue weighted by Crippen LogP contribution is -2.28.